The van der Waals surface area contributed by atoms with Gasteiger partial charge >= 0.3 is 5.97 Å². The van der Waals surface area contributed by atoms with Crippen molar-refractivity contribution in [2.75, 3.05) is 31.6 Å². The number of fused-ring (bicyclic) bond motifs is 1. The second-order valence-corrected chi connectivity index (χ2v) is 7.44. The molecule has 9 heteroatoms. The third-order valence-corrected chi connectivity index (χ3v) is 5.21. The summed E-state index contributed by atoms with van der Waals surface area (Å²) in [7, 11) is 1.55. The standard InChI is InChI=1S/C24H24N4O5/c1-27-19-9-7-16(8-10-21(29)26-12-11-25)13-18(19)24(33)28(15-22(27)30)20(14-23(31)32)17-5-3-2-4-6-17/h2-7,9,13,20H,11-12,14-15,25H2,1H3,(H,26,29)(H,31,32). The number of carbonyl (C=O) groups is 4. The minimum Gasteiger partial charge on any atom is -0.481 e. The van der Waals surface area contributed by atoms with E-state index < -0.39 is 23.8 Å². The molecule has 0 radical (unpaired) electrons. The van der Waals surface area contributed by atoms with E-state index in [0.29, 0.717) is 23.4 Å². The van der Waals surface area contributed by atoms with Gasteiger partial charge < -0.3 is 26.0 Å². The van der Waals surface area contributed by atoms with E-state index in [0.717, 1.165) is 0 Å². The molecule has 0 aromatic heterocycles. The Morgan fingerprint density at radius 2 is 1.91 bits per heavy atom. The molecule has 3 rings (SSSR count). The summed E-state index contributed by atoms with van der Waals surface area (Å²) in [6.07, 6.45) is -0.358. The van der Waals surface area contributed by atoms with Crippen LogP contribution in [0, 0.1) is 11.8 Å². The number of nitrogens with two attached hydrogens (primary N) is 1. The van der Waals surface area contributed by atoms with E-state index in [1.807, 2.05) is 0 Å². The molecule has 2 aromatic rings. The van der Waals surface area contributed by atoms with E-state index in [1.165, 1.54) is 15.9 Å². The summed E-state index contributed by atoms with van der Waals surface area (Å²) < 4.78 is 0. The highest BCUT2D eigenvalue weighted by atomic mass is 16.4. The number of anilines is 1. The first-order valence-corrected chi connectivity index (χ1v) is 10.3. The molecule has 3 amide bonds. The quantitative estimate of drug-likeness (QED) is 0.559. The second kappa shape index (κ2) is 10.4. The third-order valence-electron chi connectivity index (χ3n) is 5.21. The summed E-state index contributed by atoms with van der Waals surface area (Å²) in [4.78, 5) is 52.4. The van der Waals surface area contributed by atoms with Crippen LogP contribution in [0.1, 0.15) is 33.9 Å². The minimum absolute atomic E-state index is 0.198. The molecule has 1 atom stereocenters. The van der Waals surface area contributed by atoms with E-state index in [2.05, 4.69) is 17.2 Å². The molecule has 9 nitrogen and oxygen atoms in total. The maximum absolute atomic E-state index is 13.6. The number of rotatable bonds is 6. The summed E-state index contributed by atoms with van der Waals surface area (Å²) in [5, 5.41) is 12.0. The number of carboxylic acids is 1. The van der Waals surface area contributed by atoms with Crippen molar-refractivity contribution in [3.8, 4) is 11.8 Å². The van der Waals surface area contributed by atoms with E-state index in [-0.39, 0.29) is 31.0 Å². The monoisotopic (exact) mass is 448 g/mol. The molecule has 0 saturated carbocycles. The lowest BCUT2D eigenvalue weighted by molar-refractivity contribution is -0.138. The molecule has 170 valence electrons. The number of aliphatic carboxylic acids is 1. The molecule has 1 heterocycles. The zero-order valence-corrected chi connectivity index (χ0v) is 18.1. The van der Waals surface area contributed by atoms with Gasteiger partial charge in [-0.1, -0.05) is 36.3 Å². The van der Waals surface area contributed by atoms with Crippen LogP contribution in [0.4, 0.5) is 5.69 Å². The van der Waals surface area contributed by atoms with Crippen molar-refractivity contribution in [2.24, 2.45) is 5.73 Å². The number of carbonyl (C=O) groups excluding carboxylic acids is 3. The van der Waals surface area contributed by atoms with Crippen LogP contribution in [-0.2, 0) is 14.4 Å². The van der Waals surface area contributed by atoms with Crippen molar-refractivity contribution in [1.82, 2.24) is 10.2 Å². The van der Waals surface area contributed by atoms with E-state index >= 15 is 0 Å². The largest absolute Gasteiger partial charge is 0.481 e. The molecule has 1 aliphatic heterocycles. The summed E-state index contributed by atoms with van der Waals surface area (Å²) in [6, 6.07) is 12.6. The molecule has 0 aliphatic carbocycles. The lowest BCUT2D eigenvalue weighted by Crippen LogP contribution is -2.40. The van der Waals surface area contributed by atoms with Gasteiger partial charge in [-0.15, -0.1) is 0 Å². The van der Waals surface area contributed by atoms with Crippen molar-refractivity contribution < 1.29 is 24.3 Å². The summed E-state index contributed by atoms with van der Waals surface area (Å²) in [5.41, 5.74) is 6.95. The van der Waals surface area contributed by atoms with Gasteiger partial charge in [0.05, 0.1) is 23.7 Å². The fourth-order valence-corrected chi connectivity index (χ4v) is 3.55. The van der Waals surface area contributed by atoms with Gasteiger partial charge in [0, 0.05) is 31.6 Å². The molecular formula is C24H24N4O5. The zero-order valence-electron chi connectivity index (χ0n) is 18.1. The van der Waals surface area contributed by atoms with Gasteiger partial charge in [-0.25, -0.2) is 0 Å². The van der Waals surface area contributed by atoms with Gasteiger partial charge in [0.2, 0.25) is 5.91 Å². The number of hydrogen-bond donors (Lipinski definition) is 3. The van der Waals surface area contributed by atoms with Crippen LogP contribution in [-0.4, -0.2) is 60.4 Å². The van der Waals surface area contributed by atoms with E-state index in [1.54, 1.807) is 49.5 Å². The summed E-state index contributed by atoms with van der Waals surface area (Å²) >= 11 is 0. The first-order chi connectivity index (χ1) is 15.8. The number of hydrogen-bond acceptors (Lipinski definition) is 5. The van der Waals surface area contributed by atoms with Crippen LogP contribution >= 0.6 is 0 Å². The maximum Gasteiger partial charge on any atom is 0.305 e. The molecular weight excluding hydrogens is 424 g/mol. The zero-order chi connectivity index (χ0) is 24.0. The van der Waals surface area contributed by atoms with E-state index in [9.17, 15) is 24.3 Å². The van der Waals surface area contributed by atoms with Crippen LogP contribution < -0.4 is 16.0 Å². The van der Waals surface area contributed by atoms with Crippen molar-refractivity contribution in [3.05, 3.63) is 65.2 Å². The Morgan fingerprint density at radius 3 is 2.58 bits per heavy atom. The number of benzene rings is 2. The van der Waals surface area contributed by atoms with Gasteiger partial charge in [-0.2, -0.15) is 0 Å². The highest BCUT2D eigenvalue weighted by Crippen LogP contribution is 2.32. The normalized spacial score (nSPS) is 14.0. The Morgan fingerprint density at radius 1 is 1.18 bits per heavy atom. The van der Waals surface area contributed by atoms with Gasteiger partial charge in [-0.3, -0.25) is 19.2 Å². The predicted octanol–water partition coefficient (Wildman–Crippen LogP) is 0.748. The highest BCUT2D eigenvalue weighted by Gasteiger charge is 2.35. The van der Waals surface area contributed by atoms with Crippen molar-refractivity contribution in [1.29, 1.82) is 0 Å². The molecule has 4 N–H and O–H groups in total. The molecule has 0 saturated heterocycles. The van der Waals surface area contributed by atoms with Crippen molar-refractivity contribution in [2.45, 2.75) is 12.5 Å². The lowest BCUT2D eigenvalue weighted by atomic mass is 10.00. The molecule has 0 bridgehead atoms. The van der Waals surface area contributed by atoms with Crippen LogP contribution in [0.15, 0.2) is 48.5 Å². The van der Waals surface area contributed by atoms with E-state index in [4.69, 9.17) is 5.73 Å². The van der Waals surface area contributed by atoms with Crippen LogP contribution in [0.3, 0.4) is 0 Å². The Labute approximate surface area is 191 Å². The second-order valence-electron chi connectivity index (χ2n) is 7.44. The van der Waals surface area contributed by atoms with Crippen molar-refractivity contribution in [3.63, 3.8) is 0 Å². The molecule has 0 fully saturated rings. The van der Waals surface area contributed by atoms with Gasteiger partial charge in [0.15, 0.2) is 0 Å². The average molecular weight is 448 g/mol. The van der Waals surface area contributed by atoms with Gasteiger partial charge in [-0.05, 0) is 23.8 Å². The van der Waals surface area contributed by atoms with Crippen LogP contribution in [0.25, 0.3) is 0 Å². The molecule has 33 heavy (non-hydrogen) atoms. The molecule has 2 aromatic carbocycles. The van der Waals surface area contributed by atoms with Crippen LogP contribution in [0.5, 0.6) is 0 Å². The topological polar surface area (TPSA) is 133 Å². The summed E-state index contributed by atoms with van der Waals surface area (Å²) in [5.74, 6) is 2.71. The third kappa shape index (κ3) is 5.56. The fraction of sp³-hybridized carbons (Fsp3) is 0.250. The number of carboxylic acid groups (broad SMARTS) is 1. The van der Waals surface area contributed by atoms with Crippen molar-refractivity contribution >= 4 is 29.4 Å². The Hall–Kier alpha value is -4.16. The molecule has 1 aliphatic rings. The lowest BCUT2D eigenvalue weighted by Gasteiger charge is -2.29. The van der Waals surface area contributed by atoms with Gasteiger partial charge in [0.1, 0.15) is 6.54 Å². The number of nitrogens with zero attached hydrogens (tertiary/aromatic N) is 2. The number of likely N-dealkylation sites (N-methyl/N-ethyl adjacent to an activating group) is 1. The SMILES string of the molecule is CN1C(=O)CN(C(CC(=O)O)c2ccccc2)C(=O)c2cc(C#CC(=O)NCCN)ccc21. The Kier molecular flexibility index (Phi) is 7.43. The summed E-state index contributed by atoms with van der Waals surface area (Å²) in [6.45, 7) is 0.303. The number of nitrogens with one attached hydrogen (secondary N) is 1. The Bertz CT molecular complexity index is 1140. The smallest absolute Gasteiger partial charge is 0.305 e. The van der Waals surface area contributed by atoms with Gasteiger partial charge in [0.25, 0.3) is 11.8 Å². The highest BCUT2D eigenvalue weighted by molar-refractivity contribution is 6.10. The fourth-order valence-electron chi connectivity index (χ4n) is 3.55. The first kappa shape index (κ1) is 23.5. The molecule has 0 spiro atoms. The first-order valence-electron chi connectivity index (χ1n) is 10.3. The maximum atomic E-state index is 13.6. The average Bonchev–Trinajstić information content (AvgIpc) is 2.90. The molecule has 1 unspecified atom stereocenters. The number of amides is 3. The minimum atomic E-state index is -1.09. The predicted molar refractivity (Wildman–Crippen MR) is 121 cm³/mol. The van der Waals surface area contributed by atoms with Crippen LogP contribution in [0.2, 0.25) is 0 Å². The Balaban J connectivity index is 2.02.